The van der Waals surface area contributed by atoms with E-state index in [2.05, 4.69) is 12.2 Å². The lowest BCUT2D eigenvalue weighted by Gasteiger charge is -2.08. The third kappa shape index (κ3) is 8.30. The van der Waals surface area contributed by atoms with Gasteiger partial charge in [-0.05, 0) is 19.1 Å². The maximum atomic E-state index is 11.2. The van der Waals surface area contributed by atoms with Crippen molar-refractivity contribution in [1.29, 1.82) is 0 Å². The molecule has 4 nitrogen and oxygen atoms in total. The zero-order chi connectivity index (χ0) is 11.7. The predicted molar refractivity (Wildman–Crippen MR) is 62.1 cm³/mol. The molecule has 0 aliphatic rings. The number of thioether (sulfide) groups is 1. The monoisotopic (exact) mass is 233 g/mol. The highest BCUT2D eigenvalue weighted by molar-refractivity contribution is 7.99. The SMILES string of the molecule is CCCCSCCC(=O)N[C@H](C)C(=O)O. The summed E-state index contributed by atoms with van der Waals surface area (Å²) in [6, 6.07) is -0.793. The lowest BCUT2D eigenvalue weighted by Crippen LogP contribution is -2.38. The number of hydrogen-bond acceptors (Lipinski definition) is 3. The van der Waals surface area contributed by atoms with Crippen LogP contribution in [0.3, 0.4) is 0 Å². The molecule has 5 heteroatoms. The van der Waals surface area contributed by atoms with E-state index in [1.807, 2.05) is 0 Å². The molecule has 0 unspecified atom stereocenters. The van der Waals surface area contributed by atoms with Crippen LogP contribution >= 0.6 is 11.8 Å². The summed E-state index contributed by atoms with van der Waals surface area (Å²) >= 11 is 1.73. The smallest absolute Gasteiger partial charge is 0.325 e. The Kier molecular flexibility index (Phi) is 8.18. The molecule has 0 saturated heterocycles. The summed E-state index contributed by atoms with van der Waals surface area (Å²) in [6.45, 7) is 3.59. The van der Waals surface area contributed by atoms with Crippen LogP contribution in [0, 0.1) is 0 Å². The number of nitrogens with one attached hydrogen (secondary N) is 1. The number of carboxylic acids is 1. The number of aliphatic carboxylic acids is 1. The van der Waals surface area contributed by atoms with Gasteiger partial charge in [-0.15, -0.1) is 0 Å². The second-order valence-corrected chi connectivity index (χ2v) is 4.57. The summed E-state index contributed by atoms with van der Waals surface area (Å²) in [5.74, 6) is 0.645. The average Bonchev–Trinajstić information content (AvgIpc) is 2.17. The Hall–Kier alpha value is -0.710. The third-order valence-corrected chi connectivity index (χ3v) is 2.93. The molecule has 1 atom stereocenters. The first kappa shape index (κ1) is 14.3. The second-order valence-electron chi connectivity index (χ2n) is 3.34. The first-order chi connectivity index (χ1) is 7.07. The van der Waals surface area contributed by atoms with Crippen LogP contribution < -0.4 is 5.32 Å². The van der Waals surface area contributed by atoms with E-state index in [9.17, 15) is 9.59 Å². The molecule has 0 heterocycles. The van der Waals surface area contributed by atoms with Crippen LogP contribution in [0.25, 0.3) is 0 Å². The van der Waals surface area contributed by atoms with Crippen LogP contribution in [0.2, 0.25) is 0 Å². The molecule has 0 radical (unpaired) electrons. The molecule has 0 aromatic rings. The standard InChI is InChI=1S/C10H19NO3S/c1-3-4-6-15-7-5-9(12)11-8(2)10(13)14/h8H,3-7H2,1-2H3,(H,11,12)(H,13,14)/t8-/m1/s1. The summed E-state index contributed by atoms with van der Waals surface area (Å²) in [5, 5.41) is 11.0. The van der Waals surface area contributed by atoms with E-state index in [4.69, 9.17) is 5.11 Å². The lowest BCUT2D eigenvalue weighted by atomic mass is 10.3. The van der Waals surface area contributed by atoms with Gasteiger partial charge in [-0.1, -0.05) is 13.3 Å². The van der Waals surface area contributed by atoms with E-state index in [0.717, 1.165) is 24.3 Å². The second kappa shape index (κ2) is 8.59. The van der Waals surface area contributed by atoms with Gasteiger partial charge in [-0.25, -0.2) is 0 Å². The van der Waals surface area contributed by atoms with Gasteiger partial charge in [0, 0.05) is 12.2 Å². The summed E-state index contributed by atoms with van der Waals surface area (Å²) < 4.78 is 0. The maximum Gasteiger partial charge on any atom is 0.325 e. The fourth-order valence-electron chi connectivity index (χ4n) is 0.889. The fourth-order valence-corrected chi connectivity index (χ4v) is 1.92. The topological polar surface area (TPSA) is 66.4 Å². The van der Waals surface area contributed by atoms with E-state index in [-0.39, 0.29) is 5.91 Å². The van der Waals surface area contributed by atoms with Crippen LogP contribution in [0.1, 0.15) is 33.1 Å². The molecule has 2 N–H and O–H groups in total. The highest BCUT2D eigenvalue weighted by Gasteiger charge is 2.12. The van der Waals surface area contributed by atoms with Crippen molar-refractivity contribution >= 4 is 23.6 Å². The van der Waals surface area contributed by atoms with E-state index in [0.29, 0.717) is 6.42 Å². The number of carboxylic acid groups (broad SMARTS) is 1. The molecule has 0 aliphatic carbocycles. The van der Waals surface area contributed by atoms with Gasteiger partial charge in [-0.3, -0.25) is 9.59 Å². The molecule has 0 aromatic carbocycles. The van der Waals surface area contributed by atoms with Crippen LogP contribution in [-0.4, -0.2) is 34.5 Å². The van der Waals surface area contributed by atoms with Crippen molar-refractivity contribution in [1.82, 2.24) is 5.32 Å². The van der Waals surface area contributed by atoms with Crippen molar-refractivity contribution < 1.29 is 14.7 Å². The van der Waals surface area contributed by atoms with Crippen molar-refractivity contribution in [2.75, 3.05) is 11.5 Å². The average molecular weight is 233 g/mol. The van der Waals surface area contributed by atoms with Crippen LogP contribution in [0.4, 0.5) is 0 Å². The number of unbranched alkanes of at least 4 members (excludes halogenated alkanes) is 1. The number of rotatable bonds is 8. The number of hydrogen-bond donors (Lipinski definition) is 2. The van der Waals surface area contributed by atoms with Gasteiger partial charge in [0.05, 0.1) is 0 Å². The quantitative estimate of drug-likeness (QED) is 0.623. The van der Waals surface area contributed by atoms with Crippen molar-refractivity contribution in [2.45, 2.75) is 39.2 Å². The highest BCUT2D eigenvalue weighted by Crippen LogP contribution is 2.05. The molecule has 0 bridgehead atoms. The van der Waals surface area contributed by atoms with E-state index >= 15 is 0 Å². The van der Waals surface area contributed by atoms with Crippen LogP contribution in [-0.2, 0) is 9.59 Å². The van der Waals surface area contributed by atoms with E-state index in [1.54, 1.807) is 11.8 Å². The third-order valence-electron chi connectivity index (χ3n) is 1.86. The Morgan fingerprint density at radius 3 is 2.60 bits per heavy atom. The molecule has 15 heavy (non-hydrogen) atoms. The minimum absolute atomic E-state index is 0.186. The fraction of sp³-hybridized carbons (Fsp3) is 0.800. The largest absolute Gasteiger partial charge is 0.480 e. The maximum absolute atomic E-state index is 11.2. The van der Waals surface area contributed by atoms with Gasteiger partial charge in [0.1, 0.15) is 6.04 Å². The Morgan fingerprint density at radius 1 is 1.40 bits per heavy atom. The Morgan fingerprint density at radius 2 is 2.07 bits per heavy atom. The Bertz CT molecular complexity index is 209. The summed E-state index contributed by atoms with van der Waals surface area (Å²) in [4.78, 5) is 21.6. The predicted octanol–water partition coefficient (Wildman–Crippen LogP) is 1.50. The first-order valence-corrected chi connectivity index (χ1v) is 6.33. The Labute approximate surface area is 94.8 Å². The number of carbonyl (C=O) groups excluding carboxylic acids is 1. The van der Waals surface area contributed by atoms with E-state index < -0.39 is 12.0 Å². The molecule has 88 valence electrons. The van der Waals surface area contributed by atoms with Gasteiger partial charge in [0.15, 0.2) is 0 Å². The highest BCUT2D eigenvalue weighted by atomic mass is 32.2. The minimum Gasteiger partial charge on any atom is -0.480 e. The summed E-state index contributed by atoms with van der Waals surface area (Å²) in [7, 11) is 0. The Balaban J connectivity index is 3.45. The van der Waals surface area contributed by atoms with Crippen molar-refractivity contribution in [3.63, 3.8) is 0 Å². The molecule has 0 fully saturated rings. The zero-order valence-corrected chi connectivity index (χ0v) is 10.1. The van der Waals surface area contributed by atoms with Gasteiger partial charge >= 0.3 is 5.97 Å². The van der Waals surface area contributed by atoms with E-state index in [1.165, 1.54) is 6.92 Å². The van der Waals surface area contributed by atoms with Crippen LogP contribution in [0.5, 0.6) is 0 Å². The van der Waals surface area contributed by atoms with Gasteiger partial charge < -0.3 is 10.4 Å². The molecule has 0 saturated carbocycles. The number of carbonyl (C=O) groups is 2. The van der Waals surface area contributed by atoms with Crippen molar-refractivity contribution in [3.05, 3.63) is 0 Å². The molecule has 1 amide bonds. The van der Waals surface area contributed by atoms with Gasteiger partial charge in [0.25, 0.3) is 0 Å². The molecule has 0 aromatic heterocycles. The lowest BCUT2D eigenvalue weighted by molar-refractivity contribution is -0.141. The molecule has 0 aliphatic heterocycles. The van der Waals surface area contributed by atoms with Crippen molar-refractivity contribution in [2.24, 2.45) is 0 Å². The molecule has 0 spiro atoms. The summed E-state index contributed by atoms with van der Waals surface area (Å²) in [6.07, 6.45) is 2.72. The van der Waals surface area contributed by atoms with Gasteiger partial charge in [0.2, 0.25) is 5.91 Å². The molecule has 0 rings (SSSR count). The number of amides is 1. The summed E-state index contributed by atoms with van der Waals surface area (Å²) in [5.41, 5.74) is 0. The first-order valence-electron chi connectivity index (χ1n) is 5.17. The molecular formula is C10H19NO3S. The van der Waals surface area contributed by atoms with Crippen LogP contribution in [0.15, 0.2) is 0 Å². The minimum atomic E-state index is -0.998. The van der Waals surface area contributed by atoms with Gasteiger partial charge in [-0.2, -0.15) is 11.8 Å². The van der Waals surface area contributed by atoms with Crippen molar-refractivity contribution in [3.8, 4) is 0 Å². The molecular weight excluding hydrogens is 214 g/mol. The normalized spacial score (nSPS) is 12.1. The zero-order valence-electron chi connectivity index (χ0n) is 9.28.